The first kappa shape index (κ1) is 13.9. The summed E-state index contributed by atoms with van der Waals surface area (Å²) >= 11 is 0. The lowest BCUT2D eigenvalue weighted by Crippen LogP contribution is -2.40. The van der Waals surface area contributed by atoms with Crippen LogP contribution in [0.25, 0.3) is 0 Å². The molecule has 1 heterocycles. The van der Waals surface area contributed by atoms with E-state index in [1.54, 1.807) is 12.2 Å². The fourth-order valence-electron chi connectivity index (χ4n) is 1.82. The van der Waals surface area contributed by atoms with E-state index in [0.717, 1.165) is 25.9 Å². The van der Waals surface area contributed by atoms with Crippen molar-refractivity contribution in [3.8, 4) is 0 Å². The first-order valence-corrected chi connectivity index (χ1v) is 6.08. The van der Waals surface area contributed by atoms with E-state index in [1.807, 2.05) is 24.0 Å². The van der Waals surface area contributed by atoms with Crippen LogP contribution in [0.1, 0.15) is 19.8 Å². The van der Waals surface area contributed by atoms with Crippen molar-refractivity contribution in [1.82, 2.24) is 4.90 Å². The van der Waals surface area contributed by atoms with Gasteiger partial charge >= 0.3 is 0 Å². The number of amides is 1. The SMILES string of the molecule is CC=CC=CC(=O)N1CCC(OCCO)CC1. The average molecular weight is 239 g/mol. The molecule has 0 unspecified atom stereocenters. The Bertz CT molecular complexity index is 278. The number of nitrogens with zero attached hydrogens (tertiary/aromatic N) is 1. The molecule has 0 aliphatic carbocycles. The van der Waals surface area contributed by atoms with E-state index in [1.165, 1.54) is 0 Å². The maximum absolute atomic E-state index is 11.7. The van der Waals surface area contributed by atoms with Crippen molar-refractivity contribution in [3.63, 3.8) is 0 Å². The molecule has 4 nitrogen and oxygen atoms in total. The van der Waals surface area contributed by atoms with Gasteiger partial charge in [0.25, 0.3) is 0 Å². The summed E-state index contributed by atoms with van der Waals surface area (Å²) < 4.78 is 5.44. The lowest BCUT2D eigenvalue weighted by atomic mass is 10.1. The molecular formula is C13H21NO3. The van der Waals surface area contributed by atoms with Gasteiger partial charge in [0.1, 0.15) is 0 Å². The van der Waals surface area contributed by atoms with Crippen LogP contribution in [0.3, 0.4) is 0 Å². The molecule has 0 bridgehead atoms. The van der Waals surface area contributed by atoms with E-state index in [-0.39, 0.29) is 18.6 Å². The summed E-state index contributed by atoms with van der Waals surface area (Å²) in [5, 5.41) is 8.65. The van der Waals surface area contributed by atoms with Gasteiger partial charge in [-0.2, -0.15) is 0 Å². The molecule has 0 saturated carbocycles. The number of hydrogen-bond acceptors (Lipinski definition) is 3. The number of carbonyl (C=O) groups is 1. The fourth-order valence-corrected chi connectivity index (χ4v) is 1.82. The molecule has 0 spiro atoms. The summed E-state index contributed by atoms with van der Waals surface area (Å²) in [5.74, 6) is 0.0590. The Morgan fingerprint density at radius 3 is 2.71 bits per heavy atom. The summed E-state index contributed by atoms with van der Waals surface area (Å²) in [6, 6.07) is 0. The van der Waals surface area contributed by atoms with Crippen molar-refractivity contribution in [2.75, 3.05) is 26.3 Å². The first-order chi connectivity index (χ1) is 8.27. The predicted molar refractivity (Wildman–Crippen MR) is 66.6 cm³/mol. The molecule has 1 amide bonds. The Labute approximate surface area is 103 Å². The van der Waals surface area contributed by atoms with Crippen molar-refractivity contribution in [1.29, 1.82) is 0 Å². The number of allylic oxidation sites excluding steroid dienone is 3. The molecule has 0 atom stereocenters. The topological polar surface area (TPSA) is 49.8 Å². The van der Waals surface area contributed by atoms with Crippen molar-refractivity contribution in [2.24, 2.45) is 0 Å². The standard InChI is InChI=1S/C13H21NO3/c1-2-3-4-5-13(16)14-8-6-12(7-9-14)17-11-10-15/h2-5,12,15H,6-11H2,1H3. The molecule has 1 N–H and O–H groups in total. The molecule has 1 aliphatic rings. The van der Waals surface area contributed by atoms with Gasteiger partial charge in [-0.25, -0.2) is 0 Å². The number of hydrogen-bond donors (Lipinski definition) is 1. The normalized spacial score (nSPS) is 18.4. The number of carbonyl (C=O) groups excluding carboxylic acids is 1. The van der Waals surface area contributed by atoms with Crippen LogP contribution in [-0.2, 0) is 9.53 Å². The van der Waals surface area contributed by atoms with Gasteiger partial charge in [0, 0.05) is 19.2 Å². The van der Waals surface area contributed by atoms with Crippen LogP contribution in [0.5, 0.6) is 0 Å². The van der Waals surface area contributed by atoms with Crippen molar-refractivity contribution >= 4 is 5.91 Å². The van der Waals surface area contributed by atoms with Crippen LogP contribution >= 0.6 is 0 Å². The fraction of sp³-hybridized carbons (Fsp3) is 0.615. The number of aliphatic hydroxyl groups is 1. The van der Waals surface area contributed by atoms with Crippen molar-refractivity contribution in [3.05, 3.63) is 24.3 Å². The van der Waals surface area contributed by atoms with Crippen LogP contribution < -0.4 is 0 Å². The van der Waals surface area contributed by atoms with Gasteiger partial charge in [0.05, 0.1) is 19.3 Å². The van der Waals surface area contributed by atoms with Gasteiger partial charge in [-0.3, -0.25) is 4.79 Å². The van der Waals surface area contributed by atoms with Crippen molar-refractivity contribution in [2.45, 2.75) is 25.9 Å². The maximum atomic E-state index is 11.7. The summed E-state index contributed by atoms with van der Waals surface area (Å²) in [7, 11) is 0. The number of aliphatic hydroxyl groups excluding tert-OH is 1. The average Bonchev–Trinajstić information content (AvgIpc) is 2.37. The highest BCUT2D eigenvalue weighted by Gasteiger charge is 2.21. The number of piperidine rings is 1. The third kappa shape index (κ3) is 5.15. The van der Waals surface area contributed by atoms with E-state index < -0.39 is 0 Å². The predicted octanol–water partition coefficient (Wildman–Crippen LogP) is 1.12. The Morgan fingerprint density at radius 2 is 2.12 bits per heavy atom. The monoisotopic (exact) mass is 239 g/mol. The Kier molecular flexibility index (Phi) is 6.58. The molecular weight excluding hydrogens is 218 g/mol. The van der Waals surface area contributed by atoms with Crippen molar-refractivity contribution < 1.29 is 14.6 Å². The first-order valence-electron chi connectivity index (χ1n) is 6.08. The van der Waals surface area contributed by atoms with E-state index in [0.29, 0.717) is 6.61 Å². The minimum Gasteiger partial charge on any atom is -0.394 e. The quantitative estimate of drug-likeness (QED) is 0.578. The van der Waals surface area contributed by atoms with Crippen LogP contribution in [0.4, 0.5) is 0 Å². The molecule has 1 aliphatic heterocycles. The molecule has 1 fully saturated rings. The van der Waals surface area contributed by atoms with Crippen LogP contribution in [0.2, 0.25) is 0 Å². The van der Waals surface area contributed by atoms with Crippen LogP contribution in [-0.4, -0.2) is 48.3 Å². The summed E-state index contributed by atoms with van der Waals surface area (Å²) in [6.07, 6.45) is 8.97. The highest BCUT2D eigenvalue weighted by molar-refractivity contribution is 5.87. The lowest BCUT2D eigenvalue weighted by molar-refractivity contribution is -0.128. The second-order valence-corrected chi connectivity index (χ2v) is 4.00. The molecule has 0 radical (unpaired) electrons. The summed E-state index contributed by atoms with van der Waals surface area (Å²) in [4.78, 5) is 13.6. The zero-order valence-corrected chi connectivity index (χ0v) is 10.3. The zero-order chi connectivity index (χ0) is 12.5. The third-order valence-corrected chi connectivity index (χ3v) is 2.74. The van der Waals surface area contributed by atoms with E-state index in [9.17, 15) is 4.79 Å². The van der Waals surface area contributed by atoms with Gasteiger partial charge in [0.15, 0.2) is 0 Å². The molecule has 0 aromatic heterocycles. The smallest absolute Gasteiger partial charge is 0.246 e. The maximum Gasteiger partial charge on any atom is 0.246 e. The van der Waals surface area contributed by atoms with Crippen LogP contribution in [0.15, 0.2) is 24.3 Å². The van der Waals surface area contributed by atoms with Crippen LogP contribution in [0, 0.1) is 0 Å². The molecule has 1 rings (SSSR count). The minimum absolute atomic E-state index is 0.0590. The minimum atomic E-state index is 0.0590. The second kappa shape index (κ2) is 8.03. The van der Waals surface area contributed by atoms with E-state index in [2.05, 4.69) is 0 Å². The van der Waals surface area contributed by atoms with E-state index >= 15 is 0 Å². The van der Waals surface area contributed by atoms with Gasteiger partial charge < -0.3 is 14.7 Å². The number of rotatable bonds is 5. The highest BCUT2D eigenvalue weighted by Crippen LogP contribution is 2.13. The number of likely N-dealkylation sites (tertiary alicyclic amines) is 1. The highest BCUT2D eigenvalue weighted by atomic mass is 16.5. The molecule has 4 heteroatoms. The second-order valence-electron chi connectivity index (χ2n) is 4.00. The third-order valence-electron chi connectivity index (χ3n) is 2.74. The van der Waals surface area contributed by atoms with Gasteiger partial charge in [-0.15, -0.1) is 0 Å². The molecule has 1 saturated heterocycles. The summed E-state index contributed by atoms with van der Waals surface area (Å²) in [6.45, 7) is 3.83. The molecule has 0 aromatic rings. The lowest BCUT2D eigenvalue weighted by Gasteiger charge is -2.31. The van der Waals surface area contributed by atoms with Gasteiger partial charge in [0.2, 0.25) is 5.91 Å². The van der Waals surface area contributed by atoms with Gasteiger partial charge in [-0.1, -0.05) is 18.2 Å². The Hall–Kier alpha value is -1.13. The van der Waals surface area contributed by atoms with Gasteiger partial charge in [-0.05, 0) is 19.8 Å². The number of ether oxygens (including phenoxy) is 1. The van der Waals surface area contributed by atoms with E-state index in [4.69, 9.17) is 9.84 Å². The molecule has 0 aromatic carbocycles. The largest absolute Gasteiger partial charge is 0.394 e. The molecule has 17 heavy (non-hydrogen) atoms. The summed E-state index contributed by atoms with van der Waals surface area (Å²) in [5.41, 5.74) is 0. The Balaban J connectivity index is 2.28. The Morgan fingerprint density at radius 1 is 1.41 bits per heavy atom. The molecule has 96 valence electrons. The zero-order valence-electron chi connectivity index (χ0n) is 10.3.